The van der Waals surface area contributed by atoms with Gasteiger partial charge in [0.25, 0.3) is 0 Å². The quantitative estimate of drug-likeness (QED) is 0.293. The average molecular weight is 583 g/mol. The summed E-state index contributed by atoms with van der Waals surface area (Å²) in [6.45, 7) is 7.52. The molecule has 3 aliphatic rings. The molecule has 1 aliphatic carbocycles. The Hall–Kier alpha value is -3.29. The number of piperidine rings is 1. The van der Waals surface area contributed by atoms with Gasteiger partial charge in [-0.3, -0.25) is 19.2 Å². The van der Waals surface area contributed by atoms with Crippen molar-refractivity contribution in [3.8, 4) is 0 Å². The van der Waals surface area contributed by atoms with Crippen molar-refractivity contribution in [1.82, 2.24) is 19.6 Å². The minimum Gasteiger partial charge on any atom is -0.480 e. The zero-order chi connectivity index (χ0) is 29.8. The first-order valence-electron chi connectivity index (χ1n) is 16.4. The lowest BCUT2D eigenvalue weighted by Crippen LogP contribution is -2.46. The highest BCUT2D eigenvalue weighted by atomic mass is 16.4. The van der Waals surface area contributed by atoms with Crippen molar-refractivity contribution in [2.75, 3.05) is 32.7 Å². The van der Waals surface area contributed by atoms with Crippen LogP contribution >= 0.6 is 0 Å². The number of aromatic nitrogens is 2. The third kappa shape index (κ3) is 6.63. The van der Waals surface area contributed by atoms with Crippen molar-refractivity contribution < 1.29 is 14.7 Å². The lowest BCUT2D eigenvalue weighted by molar-refractivity contribution is -0.145. The molecule has 3 fully saturated rings. The number of carbonyl (C=O) groups is 2. The van der Waals surface area contributed by atoms with E-state index in [0.29, 0.717) is 29.0 Å². The van der Waals surface area contributed by atoms with Gasteiger partial charge < -0.3 is 10.0 Å². The van der Waals surface area contributed by atoms with Crippen molar-refractivity contribution in [2.24, 2.45) is 11.8 Å². The van der Waals surface area contributed by atoms with Crippen LogP contribution in [0.2, 0.25) is 0 Å². The van der Waals surface area contributed by atoms with Crippen LogP contribution in [0, 0.1) is 11.8 Å². The first-order chi connectivity index (χ1) is 21.0. The first-order valence-corrected chi connectivity index (χ1v) is 16.4. The standard InChI is InChI=1S/C36H46N4O3/c1-2-40-33(22-32(37-40)35(41)29-16-10-5-11-17-29)27-18-20-38(21-19-27)23-30-24-39(25-31(30)26-12-6-3-7-13-26)34(36(42)43)28-14-8-4-9-15-28/h3,5-7,10-13,16-17,22,27-28,30-31,34H,2,4,8-9,14-15,18-21,23-25H2,1H3,(H,42,43)/t30-,31+,34+/m0/s1. The number of rotatable bonds is 10. The highest BCUT2D eigenvalue weighted by Crippen LogP contribution is 2.39. The van der Waals surface area contributed by atoms with Crippen LogP contribution in [0.4, 0.5) is 0 Å². The SMILES string of the molecule is CCn1nc(C(=O)c2ccccc2)cc1C1CCN(C[C@H]2CN([C@@H](C(=O)O)C3CCCCC3)C[C@@H]2c2ccccc2)CC1. The van der Waals surface area contributed by atoms with Crippen molar-refractivity contribution in [2.45, 2.75) is 76.3 Å². The fraction of sp³-hybridized carbons (Fsp3) is 0.528. The fourth-order valence-corrected chi connectivity index (χ4v) is 8.10. The molecule has 0 radical (unpaired) electrons. The summed E-state index contributed by atoms with van der Waals surface area (Å²) in [6.07, 6.45) is 7.69. The minimum absolute atomic E-state index is 0.0166. The molecule has 0 bridgehead atoms. The molecule has 7 nitrogen and oxygen atoms in total. The molecule has 1 aromatic heterocycles. The van der Waals surface area contributed by atoms with E-state index in [0.717, 1.165) is 77.8 Å². The first kappa shape index (κ1) is 29.8. The molecule has 0 spiro atoms. The predicted molar refractivity (Wildman–Crippen MR) is 168 cm³/mol. The van der Waals surface area contributed by atoms with Crippen LogP contribution in [-0.2, 0) is 11.3 Å². The molecular formula is C36H46N4O3. The van der Waals surface area contributed by atoms with Crippen molar-refractivity contribution in [3.63, 3.8) is 0 Å². The van der Waals surface area contributed by atoms with Crippen LogP contribution in [0.1, 0.15) is 91.0 Å². The van der Waals surface area contributed by atoms with Gasteiger partial charge in [0.15, 0.2) is 0 Å². The number of aryl methyl sites for hydroxylation is 1. The molecule has 0 unspecified atom stereocenters. The van der Waals surface area contributed by atoms with Crippen LogP contribution in [0.3, 0.4) is 0 Å². The van der Waals surface area contributed by atoms with Crippen LogP contribution in [0.25, 0.3) is 0 Å². The van der Waals surface area contributed by atoms with E-state index < -0.39 is 5.97 Å². The smallest absolute Gasteiger partial charge is 0.321 e. The summed E-state index contributed by atoms with van der Waals surface area (Å²) in [5.41, 5.74) is 3.72. The molecule has 7 heteroatoms. The van der Waals surface area contributed by atoms with E-state index in [1.807, 2.05) is 41.1 Å². The third-order valence-electron chi connectivity index (χ3n) is 10.3. The molecule has 228 valence electrons. The van der Waals surface area contributed by atoms with E-state index >= 15 is 0 Å². The molecule has 6 rings (SSSR count). The Morgan fingerprint density at radius 1 is 0.907 bits per heavy atom. The maximum atomic E-state index is 13.1. The number of hydrogen-bond donors (Lipinski definition) is 1. The summed E-state index contributed by atoms with van der Waals surface area (Å²) in [4.78, 5) is 30.6. The Balaban J connectivity index is 1.13. The lowest BCUT2D eigenvalue weighted by Gasteiger charge is -2.35. The molecule has 43 heavy (non-hydrogen) atoms. The van der Waals surface area contributed by atoms with E-state index in [1.165, 1.54) is 17.7 Å². The lowest BCUT2D eigenvalue weighted by atomic mass is 9.83. The maximum Gasteiger partial charge on any atom is 0.321 e. The Morgan fingerprint density at radius 2 is 1.58 bits per heavy atom. The summed E-state index contributed by atoms with van der Waals surface area (Å²) in [5, 5.41) is 15.1. The predicted octanol–water partition coefficient (Wildman–Crippen LogP) is 6.06. The summed E-state index contributed by atoms with van der Waals surface area (Å²) >= 11 is 0. The van der Waals surface area contributed by atoms with E-state index in [-0.39, 0.29) is 17.7 Å². The summed E-state index contributed by atoms with van der Waals surface area (Å²) in [5.74, 6) is 0.737. The largest absolute Gasteiger partial charge is 0.480 e. The van der Waals surface area contributed by atoms with Crippen molar-refractivity contribution in [3.05, 3.63) is 89.2 Å². The molecule has 3 atom stereocenters. The molecule has 1 saturated carbocycles. The molecule has 2 saturated heterocycles. The maximum absolute atomic E-state index is 13.1. The number of nitrogens with zero attached hydrogens (tertiary/aromatic N) is 4. The Bertz CT molecular complexity index is 1360. The molecular weight excluding hydrogens is 536 g/mol. The van der Waals surface area contributed by atoms with Crippen LogP contribution in [0.5, 0.6) is 0 Å². The van der Waals surface area contributed by atoms with Gasteiger partial charge in [-0.05, 0) is 69.2 Å². The summed E-state index contributed by atoms with van der Waals surface area (Å²) in [7, 11) is 0. The topological polar surface area (TPSA) is 78.7 Å². The van der Waals surface area contributed by atoms with E-state index in [4.69, 9.17) is 5.10 Å². The Morgan fingerprint density at radius 3 is 2.23 bits per heavy atom. The number of carboxylic acid groups (broad SMARTS) is 1. The minimum atomic E-state index is -0.641. The number of hydrogen-bond acceptors (Lipinski definition) is 5. The van der Waals surface area contributed by atoms with Gasteiger partial charge in [-0.25, -0.2) is 0 Å². The van der Waals surface area contributed by atoms with Gasteiger partial charge >= 0.3 is 5.97 Å². The van der Waals surface area contributed by atoms with Gasteiger partial charge in [-0.15, -0.1) is 0 Å². The summed E-state index contributed by atoms with van der Waals surface area (Å²) in [6, 6.07) is 21.8. The monoisotopic (exact) mass is 582 g/mol. The second-order valence-electron chi connectivity index (χ2n) is 13.0. The molecule has 1 N–H and O–H groups in total. The van der Waals surface area contributed by atoms with Crippen LogP contribution in [-0.4, -0.2) is 75.2 Å². The number of ketones is 1. The summed E-state index contributed by atoms with van der Waals surface area (Å²) < 4.78 is 2.02. The molecule has 2 aliphatic heterocycles. The Labute approximate surface area is 255 Å². The van der Waals surface area contributed by atoms with Gasteiger partial charge in [-0.2, -0.15) is 5.10 Å². The number of carbonyl (C=O) groups excluding carboxylic acids is 1. The molecule has 3 heterocycles. The van der Waals surface area contributed by atoms with Gasteiger partial charge in [0, 0.05) is 49.3 Å². The number of carboxylic acids is 1. The van der Waals surface area contributed by atoms with Gasteiger partial charge in [0.05, 0.1) is 0 Å². The number of benzene rings is 2. The Kier molecular flexibility index (Phi) is 9.39. The number of aliphatic carboxylic acids is 1. The zero-order valence-corrected chi connectivity index (χ0v) is 25.5. The fourth-order valence-electron chi connectivity index (χ4n) is 8.10. The zero-order valence-electron chi connectivity index (χ0n) is 25.5. The van der Waals surface area contributed by atoms with Crippen molar-refractivity contribution in [1.29, 1.82) is 0 Å². The second kappa shape index (κ2) is 13.6. The second-order valence-corrected chi connectivity index (χ2v) is 13.0. The van der Waals surface area contributed by atoms with Gasteiger partial charge in [0.2, 0.25) is 5.78 Å². The average Bonchev–Trinajstić information content (AvgIpc) is 3.67. The molecule has 2 aromatic carbocycles. The van der Waals surface area contributed by atoms with Crippen LogP contribution in [0.15, 0.2) is 66.7 Å². The molecule has 3 aromatic rings. The van der Waals surface area contributed by atoms with E-state index in [9.17, 15) is 14.7 Å². The third-order valence-corrected chi connectivity index (χ3v) is 10.3. The molecule has 0 amide bonds. The number of likely N-dealkylation sites (tertiary alicyclic amines) is 2. The van der Waals surface area contributed by atoms with E-state index in [1.54, 1.807) is 0 Å². The van der Waals surface area contributed by atoms with Gasteiger partial charge in [0.1, 0.15) is 11.7 Å². The van der Waals surface area contributed by atoms with Crippen molar-refractivity contribution >= 4 is 11.8 Å². The van der Waals surface area contributed by atoms with Gasteiger partial charge in [-0.1, -0.05) is 79.9 Å². The van der Waals surface area contributed by atoms with E-state index in [2.05, 4.69) is 47.1 Å². The van der Waals surface area contributed by atoms with Crippen LogP contribution < -0.4 is 0 Å². The highest BCUT2D eigenvalue weighted by Gasteiger charge is 2.43. The normalized spacial score (nSPS) is 23.4. The highest BCUT2D eigenvalue weighted by molar-refractivity contribution is 6.07.